The molecule has 174 valence electrons. The second kappa shape index (κ2) is 11.3. The zero-order chi connectivity index (χ0) is 23.8. The van der Waals surface area contributed by atoms with Crippen molar-refractivity contribution >= 4 is 27.3 Å². The summed E-state index contributed by atoms with van der Waals surface area (Å²) < 4.78 is 31.1. The predicted molar refractivity (Wildman–Crippen MR) is 126 cm³/mol. The Kier molecular flexibility index (Phi) is 8.46. The molecule has 0 unspecified atom stereocenters. The lowest BCUT2D eigenvalue weighted by Gasteiger charge is -2.13. The van der Waals surface area contributed by atoms with E-state index in [4.69, 9.17) is 22.1 Å². The first-order valence-corrected chi connectivity index (χ1v) is 12.1. The molecule has 0 heterocycles. The van der Waals surface area contributed by atoms with Crippen molar-refractivity contribution in [1.29, 1.82) is 0 Å². The summed E-state index contributed by atoms with van der Waals surface area (Å²) in [6.07, 6.45) is -0.00194. The molecule has 3 aromatic rings. The molecule has 7 nitrogen and oxygen atoms in total. The lowest BCUT2D eigenvalue weighted by molar-refractivity contribution is -0.119. The quantitative estimate of drug-likeness (QED) is 0.357. The SMILES string of the molecule is NC(=O)COc1cccc(S(=O)(=O)c2ccc(CCNC[C@@H](O)c3cccc(Cl)c3)cc2)c1. The van der Waals surface area contributed by atoms with Crippen LogP contribution in [0.2, 0.25) is 5.02 Å². The van der Waals surface area contributed by atoms with E-state index in [2.05, 4.69) is 5.32 Å². The van der Waals surface area contributed by atoms with Crippen LogP contribution >= 0.6 is 11.6 Å². The molecule has 0 spiro atoms. The standard InChI is InChI=1S/C24H25ClN2O5S/c25-19-4-1-3-18(13-19)23(28)15-27-12-11-17-7-9-21(10-8-17)33(30,31)22-6-2-5-20(14-22)32-16-24(26)29/h1-10,13-14,23,27-28H,11-12,15-16H2,(H2,26,29)/t23-/m1/s1. The molecular formula is C24H25ClN2O5S. The average molecular weight is 489 g/mol. The number of nitrogens with two attached hydrogens (primary N) is 1. The second-order valence-corrected chi connectivity index (χ2v) is 9.79. The van der Waals surface area contributed by atoms with Gasteiger partial charge in [-0.05, 0) is 66.6 Å². The van der Waals surface area contributed by atoms with Gasteiger partial charge in [0.25, 0.3) is 5.91 Å². The van der Waals surface area contributed by atoms with E-state index in [1.165, 1.54) is 12.1 Å². The summed E-state index contributed by atoms with van der Waals surface area (Å²) in [4.78, 5) is 11.1. The predicted octanol–water partition coefficient (Wildman–Crippen LogP) is 2.90. The first-order chi connectivity index (χ1) is 15.8. The fourth-order valence-corrected chi connectivity index (χ4v) is 4.65. The van der Waals surface area contributed by atoms with Crippen LogP contribution in [0.15, 0.2) is 82.6 Å². The number of carbonyl (C=O) groups is 1. The molecule has 4 N–H and O–H groups in total. The molecule has 9 heteroatoms. The number of carbonyl (C=O) groups excluding carboxylic acids is 1. The summed E-state index contributed by atoms with van der Waals surface area (Å²) in [6.45, 7) is 0.659. The topological polar surface area (TPSA) is 119 Å². The Labute approximate surface area is 198 Å². The van der Waals surface area contributed by atoms with Gasteiger partial charge in [-0.1, -0.05) is 41.9 Å². The maximum Gasteiger partial charge on any atom is 0.255 e. The Hall–Kier alpha value is -2.91. The third-order valence-electron chi connectivity index (χ3n) is 4.89. The number of aliphatic hydroxyl groups is 1. The minimum absolute atomic E-state index is 0.0638. The van der Waals surface area contributed by atoms with Crippen LogP contribution in [0.25, 0.3) is 0 Å². The van der Waals surface area contributed by atoms with Crippen LogP contribution in [0.4, 0.5) is 0 Å². The van der Waals surface area contributed by atoms with Gasteiger partial charge in [0.15, 0.2) is 6.61 Å². The van der Waals surface area contributed by atoms with Gasteiger partial charge in [0.1, 0.15) is 5.75 Å². The van der Waals surface area contributed by atoms with E-state index >= 15 is 0 Å². The van der Waals surface area contributed by atoms with E-state index in [1.54, 1.807) is 54.6 Å². The van der Waals surface area contributed by atoms with Crippen molar-refractivity contribution in [3.63, 3.8) is 0 Å². The van der Waals surface area contributed by atoms with Crippen molar-refractivity contribution in [2.24, 2.45) is 5.73 Å². The number of hydrogen-bond donors (Lipinski definition) is 3. The third kappa shape index (κ3) is 7.03. The van der Waals surface area contributed by atoms with Gasteiger partial charge in [-0.3, -0.25) is 4.79 Å². The lowest BCUT2D eigenvalue weighted by atomic mass is 10.1. The van der Waals surface area contributed by atoms with E-state index in [0.717, 1.165) is 11.1 Å². The highest BCUT2D eigenvalue weighted by Gasteiger charge is 2.18. The molecule has 0 bridgehead atoms. The minimum Gasteiger partial charge on any atom is -0.484 e. The number of primary amides is 1. The van der Waals surface area contributed by atoms with E-state index in [9.17, 15) is 18.3 Å². The molecule has 3 rings (SSSR count). The Morgan fingerprint density at radius 2 is 1.76 bits per heavy atom. The Morgan fingerprint density at radius 1 is 1.03 bits per heavy atom. The number of halogens is 1. The van der Waals surface area contributed by atoms with Crippen LogP contribution in [0.3, 0.4) is 0 Å². The van der Waals surface area contributed by atoms with Gasteiger partial charge in [-0.25, -0.2) is 8.42 Å². The largest absolute Gasteiger partial charge is 0.484 e. The summed E-state index contributed by atoms with van der Waals surface area (Å²) in [5.41, 5.74) is 6.76. The fraction of sp³-hybridized carbons (Fsp3) is 0.208. The molecular weight excluding hydrogens is 464 g/mol. The highest BCUT2D eigenvalue weighted by atomic mass is 35.5. The second-order valence-electron chi connectivity index (χ2n) is 7.40. The Balaban J connectivity index is 1.56. The molecule has 0 aliphatic carbocycles. The first kappa shape index (κ1) is 24.7. The number of amides is 1. The van der Waals surface area contributed by atoms with Crippen LogP contribution in [0, 0.1) is 0 Å². The van der Waals surface area contributed by atoms with Gasteiger partial charge in [0, 0.05) is 11.6 Å². The van der Waals surface area contributed by atoms with Crippen molar-refractivity contribution in [2.45, 2.75) is 22.3 Å². The molecule has 0 radical (unpaired) electrons. The molecule has 33 heavy (non-hydrogen) atoms. The maximum absolute atomic E-state index is 12.9. The van der Waals surface area contributed by atoms with Crippen molar-refractivity contribution in [2.75, 3.05) is 19.7 Å². The Bertz CT molecular complexity index is 1200. The van der Waals surface area contributed by atoms with Crippen molar-refractivity contribution < 1.29 is 23.1 Å². The highest BCUT2D eigenvalue weighted by molar-refractivity contribution is 7.91. The number of hydrogen-bond acceptors (Lipinski definition) is 6. The van der Waals surface area contributed by atoms with Crippen molar-refractivity contribution in [1.82, 2.24) is 5.32 Å². The van der Waals surface area contributed by atoms with Gasteiger partial charge in [-0.15, -0.1) is 0 Å². The molecule has 0 saturated carbocycles. The number of nitrogens with one attached hydrogen (secondary N) is 1. The van der Waals surface area contributed by atoms with Crippen LogP contribution in [-0.2, 0) is 21.1 Å². The third-order valence-corrected chi connectivity index (χ3v) is 6.89. The number of aliphatic hydroxyl groups excluding tert-OH is 1. The first-order valence-electron chi connectivity index (χ1n) is 10.2. The van der Waals surface area contributed by atoms with Crippen LogP contribution in [-0.4, -0.2) is 39.1 Å². The Morgan fingerprint density at radius 3 is 2.45 bits per heavy atom. The van der Waals surface area contributed by atoms with Crippen molar-refractivity contribution in [3.8, 4) is 5.75 Å². The molecule has 0 saturated heterocycles. The smallest absolute Gasteiger partial charge is 0.255 e. The maximum atomic E-state index is 12.9. The van der Waals surface area contributed by atoms with Crippen molar-refractivity contribution in [3.05, 3.63) is 88.9 Å². The monoisotopic (exact) mass is 488 g/mol. The van der Waals surface area contributed by atoms with E-state index < -0.39 is 21.8 Å². The van der Waals surface area contributed by atoms with E-state index in [-0.39, 0.29) is 22.1 Å². The summed E-state index contributed by atoms with van der Waals surface area (Å²) in [6, 6.07) is 19.7. The normalized spacial score (nSPS) is 12.3. The van der Waals surface area contributed by atoms with Gasteiger partial charge < -0.3 is 20.9 Å². The average Bonchev–Trinajstić information content (AvgIpc) is 2.81. The zero-order valence-electron chi connectivity index (χ0n) is 17.8. The summed E-state index contributed by atoms with van der Waals surface area (Å²) in [5.74, 6) is -0.398. The van der Waals surface area contributed by atoms with Crippen LogP contribution in [0.5, 0.6) is 5.75 Å². The number of sulfone groups is 1. The summed E-state index contributed by atoms with van der Waals surface area (Å²) >= 11 is 5.95. The number of ether oxygens (including phenoxy) is 1. The van der Waals surface area contributed by atoms with Gasteiger partial charge in [0.2, 0.25) is 9.84 Å². The molecule has 3 aromatic carbocycles. The fourth-order valence-electron chi connectivity index (χ4n) is 3.16. The van der Waals surface area contributed by atoms with E-state index in [1.807, 2.05) is 6.07 Å². The van der Waals surface area contributed by atoms with Gasteiger partial charge >= 0.3 is 0 Å². The highest BCUT2D eigenvalue weighted by Crippen LogP contribution is 2.25. The molecule has 0 fully saturated rings. The molecule has 0 aliphatic rings. The number of rotatable bonds is 11. The lowest BCUT2D eigenvalue weighted by Crippen LogP contribution is -2.23. The molecule has 0 aliphatic heterocycles. The summed E-state index contributed by atoms with van der Waals surface area (Å²) in [7, 11) is -3.74. The van der Waals surface area contributed by atoms with Gasteiger partial charge in [-0.2, -0.15) is 0 Å². The van der Waals surface area contributed by atoms with Crippen LogP contribution < -0.4 is 15.8 Å². The minimum atomic E-state index is -3.74. The van der Waals surface area contributed by atoms with Crippen LogP contribution in [0.1, 0.15) is 17.2 Å². The molecule has 1 amide bonds. The molecule has 1 atom stereocenters. The molecule has 0 aromatic heterocycles. The zero-order valence-corrected chi connectivity index (χ0v) is 19.4. The van der Waals surface area contributed by atoms with Gasteiger partial charge in [0.05, 0.1) is 15.9 Å². The summed E-state index contributed by atoms with van der Waals surface area (Å²) in [5, 5.41) is 14.0. The van der Waals surface area contributed by atoms with E-state index in [0.29, 0.717) is 24.5 Å². The number of benzene rings is 3.